The summed E-state index contributed by atoms with van der Waals surface area (Å²) in [6, 6.07) is 0.0780. The molecule has 0 aromatic rings. The van der Waals surface area contributed by atoms with Gasteiger partial charge in [-0.3, -0.25) is 4.79 Å². The largest absolute Gasteiger partial charge is 0.481 e. The fourth-order valence-corrected chi connectivity index (χ4v) is 3.62. The predicted molar refractivity (Wildman–Crippen MR) is 74.3 cm³/mol. The van der Waals surface area contributed by atoms with Gasteiger partial charge >= 0.3 is 12.1 Å². The van der Waals surface area contributed by atoms with Crippen molar-refractivity contribution in [3.63, 3.8) is 0 Å². The van der Waals surface area contributed by atoms with Crippen LogP contribution >= 0.6 is 0 Å². The summed E-state index contributed by atoms with van der Waals surface area (Å²) in [5.41, 5.74) is -0.503. The standard InChI is InChI=1S/C15H25NO4/c1-15(2,3)20-14(19)16-12-9-5-4-6-10(12)8-11(7-9)13(17)18/h9-12H,4-8H2,1-3H3,(H,16,19)(H,17,18)/t9-,10-,11?,12?/m1/s1. The first-order valence-electron chi connectivity index (χ1n) is 7.48. The maximum Gasteiger partial charge on any atom is 0.407 e. The summed E-state index contributed by atoms with van der Waals surface area (Å²) >= 11 is 0. The number of rotatable bonds is 2. The Labute approximate surface area is 120 Å². The zero-order valence-electron chi connectivity index (χ0n) is 12.5. The van der Waals surface area contributed by atoms with Crippen LogP contribution in [0.1, 0.15) is 52.9 Å². The lowest BCUT2D eigenvalue weighted by atomic mass is 9.65. The number of fused-ring (bicyclic) bond motifs is 2. The molecular formula is C15H25NO4. The molecule has 2 fully saturated rings. The van der Waals surface area contributed by atoms with Crippen LogP contribution < -0.4 is 5.32 Å². The second kappa shape index (κ2) is 5.62. The summed E-state index contributed by atoms with van der Waals surface area (Å²) in [7, 11) is 0. The minimum absolute atomic E-state index is 0.0780. The van der Waals surface area contributed by atoms with Crippen molar-refractivity contribution < 1.29 is 19.4 Å². The molecule has 2 saturated carbocycles. The van der Waals surface area contributed by atoms with E-state index in [0.29, 0.717) is 12.8 Å². The molecule has 5 heteroatoms. The Hall–Kier alpha value is -1.26. The van der Waals surface area contributed by atoms with Gasteiger partial charge in [-0.25, -0.2) is 4.79 Å². The molecule has 0 aliphatic heterocycles. The average Bonchev–Trinajstić information content (AvgIpc) is 2.24. The summed E-state index contributed by atoms with van der Waals surface area (Å²) in [6.45, 7) is 5.53. The van der Waals surface area contributed by atoms with Gasteiger partial charge in [0.2, 0.25) is 0 Å². The summed E-state index contributed by atoms with van der Waals surface area (Å²) in [5.74, 6) is -0.396. The van der Waals surface area contributed by atoms with Crippen molar-refractivity contribution >= 4 is 12.1 Å². The topological polar surface area (TPSA) is 75.6 Å². The predicted octanol–water partition coefficient (Wildman–Crippen LogP) is 2.79. The number of hydrogen-bond donors (Lipinski definition) is 2. The van der Waals surface area contributed by atoms with Crippen LogP contribution in [0, 0.1) is 17.8 Å². The first-order valence-corrected chi connectivity index (χ1v) is 7.48. The van der Waals surface area contributed by atoms with E-state index >= 15 is 0 Å². The van der Waals surface area contributed by atoms with E-state index < -0.39 is 11.6 Å². The lowest BCUT2D eigenvalue weighted by Gasteiger charge is -2.45. The zero-order chi connectivity index (χ0) is 14.9. The Kier molecular flexibility index (Phi) is 4.25. The Morgan fingerprint density at radius 3 is 2.15 bits per heavy atom. The molecule has 20 heavy (non-hydrogen) atoms. The molecule has 2 aliphatic rings. The average molecular weight is 283 g/mol. The molecule has 0 aromatic heterocycles. The Morgan fingerprint density at radius 1 is 1.15 bits per heavy atom. The molecule has 5 nitrogen and oxygen atoms in total. The molecule has 0 spiro atoms. The second-order valence-electron chi connectivity index (χ2n) is 7.13. The van der Waals surface area contributed by atoms with Gasteiger partial charge < -0.3 is 15.2 Å². The number of carboxylic acid groups (broad SMARTS) is 1. The SMILES string of the molecule is CC(C)(C)OC(=O)NC1[C@@H]2CCC[C@@H]1CC(C(=O)O)C2. The van der Waals surface area contributed by atoms with E-state index in [4.69, 9.17) is 4.74 Å². The molecular weight excluding hydrogens is 258 g/mol. The minimum atomic E-state index is -0.697. The highest BCUT2D eigenvalue weighted by atomic mass is 16.6. The van der Waals surface area contributed by atoms with Crippen LogP contribution in [0.25, 0.3) is 0 Å². The number of carboxylic acids is 1. The van der Waals surface area contributed by atoms with Gasteiger partial charge in [0.25, 0.3) is 0 Å². The van der Waals surface area contributed by atoms with E-state index in [2.05, 4.69) is 5.32 Å². The van der Waals surface area contributed by atoms with Crippen molar-refractivity contribution in [1.29, 1.82) is 0 Å². The highest BCUT2D eigenvalue weighted by Crippen LogP contribution is 2.43. The highest BCUT2D eigenvalue weighted by Gasteiger charge is 2.43. The van der Waals surface area contributed by atoms with E-state index in [1.165, 1.54) is 0 Å². The molecule has 0 aromatic carbocycles. The van der Waals surface area contributed by atoms with Gasteiger partial charge in [-0.1, -0.05) is 6.42 Å². The van der Waals surface area contributed by atoms with Crippen LogP contribution in [-0.2, 0) is 9.53 Å². The molecule has 2 N–H and O–H groups in total. The molecule has 114 valence electrons. The van der Waals surface area contributed by atoms with Crippen LogP contribution in [0.3, 0.4) is 0 Å². The van der Waals surface area contributed by atoms with Crippen LogP contribution in [0.5, 0.6) is 0 Å². The Morgan fingerprint density at radius 2 is 1.70 bits per heavy atom. The smallest absolute Gasteiger partial charge is 0.407 e. The van der Waals surface area contributed by atoms with Crippen LogP contribution in [0.15, 0.2) is 0 Å². The summed E-state index contributed by atoms with van der Waals surface area (Å²) in [6.07, 6.45) is 4.10. The number of carbonyl (C=O) groups is 2. The lowest BCUT2D eigenvalue weighted by molar-refractivity contribution is -0.145. The number of aliphatic carboxylic acids is 1. The van der Waals surface area contributed by atoms with Gasteiger partial charge in [-0.15, -0.1) is 0 Å². The third kappa shape index (κ3) is 3.64. The van der Waals surface area contributed by atoms with Gasteiger partial charge in [0.1, 0.15) is 5.60 Å². The molecule has 2 atom stereocenters. The number of ether oxygens (including phenoxy) is 1. The van der Waals surface area contributed by atoms with Crippen molar-refractivity contribution in [1.82, 2.24) is 5.32 Å². The van der Waals surface area contributed by atoms with Crippen molar-refractivity contribution in [2.24, 2.45) is 17.8 Å². The van der Waals surface area contributed by atoms with Gasteiger partial charge in [-0.05, 0) is 58.3 Å². The molecule has 0 heterocycles. The quantitative estimate of drug-likeness (QED) is 0.817. The maximum atomic E-state index is 11.9. The van der Waals surface area contributed by atoms with E-state index in [1.54, 1.807) is 0 Å². The van der Waals surface area contributed by atoms with E-state index in [0.717, 1.165) is 19.3 Å². The number of hydrogen-bond acceptors (Lipinski definition) is 3. The monoisotopic (exact) mass is 283 g/mol. The third-order valence-electron chi connectivity index (χ3n) is 4.37. The molecule has 2 rings (SSSR count). The lowest BCUT2D eigenvalue weighted by Crippen LogP contribution is -2.53. The molecule has 0 saturated heterocycles. The van der Waals surface area contributed by atoms with Gasteiger partial charge in [0.05, 0.1) is 5.92 Å². The van der Waals surface area contributed by atoms with Crippen LogP contribution in [0.4, 0.5) is 4.79 Å². The molecule has 0 unspecified atom stereocenters. The van der Waals surface area contributed by atoms with Crippen molar-refractivity contribution in [3.8, 4) is 0 Å². The van der Waals surface area contributed by atoms with Crippen molar-refractivity contribution in [2.45, 2.75) is 64.5 Å². The summed E-state index contributed by atoms with van der Waals surface area (Å²) < 4.78 is 5.31. The Bertz CT molecular complexity index is 374. The van der Waals surface area contributed by atoms with Gasteiger partial charge in [0, 0.05) is 6.04 Å². The van der Waals surface area contributed by atoms with Crippen LogP contribution in [0.2, 0.25) is 0 Å². The molecule has 2 bridgehead atoms. The fraction of sp³-hybridized carbons (Fsp3) is 0.867. The number of carbonyl (C=O) groups excluding carboxylic acids is 1. The number of nitrogens with one attached hydrogen (secondary N) is 1. The van der Waals surface area contributed by atoms with E-state index in [-0.39, 0.29) is 29.9 Å². The van der Waals surface area contributed by atoms with Gasteiger partial charge in [0.15, 0.2) is 0 Å². The normalized spacial score (nSPS) is 33.4. The molecule has 2 aliphatic carbocycles. The highest BCUT2D eigenvalue weighted by molar-refractivity contribution is 5.71. The third-order valence-corrected chi connectivity index (χ3v) is 4.37. The Balaban J connectivity index is 1.98. The first kappa shape index (κ1) is 15.1. The minimum Gasteiger partial charge on any atom is -0.481 e. The summed E-state index contributed by atoms with van der Waals surface area (Å²) in [4.78, 5) is 23.1. The van der Waals surface area contributed by atoms with Gasteiger partial charge in [-0.2, -0.15) is 0 Å². The zero-order valence-corrected chi connectivity index (χ0v) is 12.5. The van der Waals surface area contributed by atoms with Crippen LogP contribution in [-0.4, -0.2) is 28.8 Å². The van der Waals surface area contributed by atoms with Crippen molar-refractivity contribution in [3.05, 3.63) is 0 Å². The first-order chi connectivity index (χ1) is 9.26. The maximum absolute atomic E-state index is 11.9. The fourth-order valence-electron chi connectivity index (χ4n) is 3.62. The second-order valence-corrected chi connectivity index (χ2v) is 7.13. The van der Waals surface area contributed by atoms with Crippen molar-refractivity contribution in [2.75, 3.05) is 0 Å². The summed E-state index contributed by atoms with van der Waals surface area (Å²) in [5, 5.41) is 12.2. The van der Waals surface area contributed by atoms with E-state index in [9.17, 15) is 14.7 Å². The molecule has 1 amide bonds. The number of amides is 1. The molecule has 0 radical (unpaired) electrons. The van der Waals surface area contributed by atoms with E-state index in [1.807, 2.05) is 20.8 Å². The number of alkyl carbamates (subject to hydrolysis) is 1.